The molecule has 3 heterocycles. The smallest absolute Gasteiger partial charge is 0.410 e. The number of aromatic nitrogens is 1. The van der Waals surface area contributed by atoms with Crippen LogP contribution >= 0.6 is 0 Å². The second-order valence-corrected chi connectivity index (χ2v) is 14.8. The highest BCUT2D eigenvalue weighted by Gasteiger charge is 2.35. The van der Waals surface area contributed by atoms with Crippen molar-refractivity contribution in [3.05, 3.63) is 42.1 Å². The summed E-state index contributed by atoms with van der Waals surface area (Å²) in [5, 5.41) is 7.15. The van der Waals surface area contributed by atoms with Gasteiger partial charge in [0.05, 0.1) is 47.2 Å². The molecule has 0 radical (unpaired) electrons. The van der Waals surface area contributed by atoms with Gasteiger partial charge >= 0.3 is 12.3 Å². The van der Waals surface area contributed by atoms with Crippen LogP contribution in [-0.2, 0) is 21.1 Å². The van der Waals surface area contributed by atoms with Gasteiger partial charge in [-0.05, 0) is 75.8 Å². The molecule has 3 aromatic rings. The SMILES string of the molecule is COc1cc(S(C)(=O)=O)ccc1NCC#Cc1cc2c3c(ccc2n1CC(F)(F)F)OCC(C1CCN(C(=O)OC(C)(C)C)CC1)N3. The first-order chi connectivity index (χ1) is 22.0. The number of nitrogens with one attached hydrogen (secondary N) is 2. The fourth-order valence-electron chi connectivity index (χ4n) is 5.83. The zero-order valence-electron chi connectivity index (χ0n) is 27.0. The van der Waals surface area contributed by atoms with Gasteiger partial charge in [-0.15, -0.1) is 0 Å². The highest BCUT2D eigenvalue weighted by Crippen LogP contribution is 2.40. The van der Waals surface area contributed by atoms with Crippen LogP contribution in [0.4, 0.5) is 29.3 Å². The molecule has 47 heavy (non-hydrogen) atoms. The van der Waals surface area contributed by atoms with Crippen molar-refractivity contribution in [2.75, 3.05) is 50.2 Å². The van der Waals surface area contributed by atoms with Gasteiger partial charge in [-0.25, -0.2) is 13.2 Å². The Labute approximate surface area is 272 Å². The fraction of sp³-hybridized carbons (Fsp3) is 0.485. The summed E-state index contributed by atoms with van der Waals surface area (Å²) in [4.78, 5) is 14.3. The number of piperidine rings is 1. The summed E-state index contributed by atoms with van der Waals surface area (Å²) in [6.07, 6.45) is -2.27. The summed E-state index contributed by atoms with van der Waals surface area (Å²) < 4.78 is 83.1. The van der Waals surface area contributed by atoms with Gasteiger partial charge in [-0.2, -0.15) is 13.2 Å². The van der Waals surface area contributed by atoms with Crippen LogP contribution < -0.4 is 20.1 Å². The van der Waals surface area contributed by atoms with Crippen LogP contribution in [0.3, 0.4) is 0 Å². The van der Waals surface area contributed by atoms with E-state index in [0.29, 0.717) is 53.5 Å². The van der Waals surface area contributed by atoms with E-state index in [0.717, 1.165) is 23.7 Å². The topological polar surface area (TPSA) is 111 Å². The van der Waals surface area contributed by atoms with Gasteiger partial charge in [-0.1, -0.05) is 5.92 Å². The summed E-state index contributed by atoms with van der Waals surface area (Å²) in [6, 6.07) is 9.20. The minimum Gasteiger partial charge on any atom is -0.495 e. The van der Waals surface area contributed by atoms with Crippen LogP contribution in [0.25, 0.3) is 10.9 Å². The molecule has 254 valence electrons. The monoisotopic (exact) mass is 676 g/mol. The Balaban J connectivity index is 1.35. The van der Waals surface area contributed by atoms with Crippen LogP contribution in [0.2, 0.25) is 0 Å². The number of ether oxygens (including phenoxy) is 3. The summed E-state index contributed by atoms with van der Waals surface area (Å²) in [5.74, 6) is 6.79. The standard InChI is InChI=1S/C33H39F3N4O6S/c1-32(2,3)46-31(41)39-15-12-21(13-16-39)26-19-45-28-11-10-27-24(30(28)38-26)17-22(40(27)20-33(34,35)36)7-6-14-37-25-9-8-23(47(5,42)43)18-29(25)44-4/h8-11,17-18,21,26,37-38H,12-16,19-20H2,1-5H3. The molecule has 1 saturated heterocycles. The number of fused-ring (bicyclic) bond motifs is 3. The molecular weight excluding hydrogens is 637 g/mol. The molecule has 5 rings (SSSR count). The molecule has 2 aliphatic heterocycles. The third-order valence-corrected chi connectivity index (χ3v) is 9.19. The summed E-state index contributed by atoms with van der Waals surface area (Å²) in [7, 11) is -2.03. The van der Waals surface area contributed by atoms with Gasteiger partial charge in [0.25, 0.3) is 0 Å². The van der Waals surface area contributed by atoms with E-state index in [2.05, 4.69) is 22.5 Å². The maximum absolute atomic E-state index is 13.7. The molecule has 1 unspecified atom stereocenters. The molecule has 2 aromatic carbocycles. The molecule has 0 bridgehead atoms. The number of anilines is 2. The van der Waals surface area contributed by atoms with E-state index in [1.165, 1.54) is 19.2 Å². The maximum Gasteiger partial charge on any atom is 0.410 e. The Kier molecular flexibility index (Phi) is 9.50. The zero-order chi connectivity index (χ0) is 34.1. The number of halogens is 3. The quantitative estimate of drug-likeness (QED) is 0.311. The van der Waals surface area contributed by atoms with Crippen molar-refractivity contribution >= 4 is 38.2 Å². The van der Waals surface area contributed by atoms with E-state index in [1.807, 2.05) is 20.8 Å². The van der Waals surface area contributed by atoms with Crippen LogP contribution in [0.5, 0.6) is 11.5 Å². The largest absolute Gasteiger partial charge is 0.495 e. The minimum atomic E-state index is -4.49. The van der Waals surface area contributed by atoms with Crippen molar-refractivity contribution in [3.8, 4) is 23.3 Å². The number of carbonyl (C=O) groups excluding carboxylic acids is 1. The number of hydrogen-bond acceptors (Lipinski definition) is 8. The molecule has 0 aliphatic carbocycles. The summed E-state index contributed by atoms with van der Waals surface area (Å²) in [6.45, 7) is 5.80. The van der Waals surface area contributed by atoms with Crippen molar-refractivity contribution < 1.29 is 40.6 Å². The van der Waals surface area contributed by atoms with Crippen molar-refractivity contribution in [2.24, 2.45) is 5.92 Å². The van der Waals surface area contributed by atoms with Crippen LogP contribution in [0, 0.1) is 17.8 Å². The molecule has 1 atom stereocenters. The predicted molar refractivity (Wildman–Crippen MR) is 173 cm³/mol. The molecule has 0 spiro atoms. The second kappa shape index (κ2) is 13.1. The van der Waals surface area contributed by atoms with Gasteiger partial charge in [0.1, 0.15) is 30.3 Å². The van der Waals surface area contributed by atoms with Gasteiger partial charge < -0.3 is 34.3 Å². The highest BCUT2D eigenvalue weighted by molar-refractivity contribution is 7.90. The molecule has 2 N–H and O–H groups in total. The van der Waals surface area contributed by atoms with E-state index in [-0.39, 0.29) is 35.2 Å². The number of hydrogen-bond donors (Lipinski definition) is 2. The Bertz CT molecular complexity index is 1810. The molecular formula is C33H39F3N4O6S. The van der Waals surface area contributed by atoms with Crippen LogP contribution in [0.1, 0.15) is 39.3 Å². The number of rotatable bonds is 6. The first-order valence-corrected chi connectivity index (χ1v) is 17.1. The molecule has 1 aromatic heterocycles. The van der Waals surface area contributed by atoms with Crippen molar-refractivity contribution in [1.29, 1.82) is 0 Å². The van der Waals surface area contributed by atoms with Crippen molar-refractivity contribution in [2.45, 2.75) is 62.9 Å². The summed E-state index contributed by atoms with van der Waals surface area (Å²) >= 11 is 0. The number of amides is 1. The van der Waals surface area contributed by atoms with Gasteiger partial charge in [-0.3, -0.25) is 0 Å². The molecule has 1 fully saturated rings. The molecule has 2 aliphatic rings. The summed E-state index contributed by atoms with van der Waals surface area (Å²) in [5.41, 5.74) is 1.08. The molecule has 10 nitrogen and oxygen atoms in total. The van der Waals surface area contributed by atoms with E-state index in [4.69, 9.17) is 14.2 Å². The molecule has 0 saturated carbocycles. The van der Waals surface area contributed by atoms with Gasteiger partial charge in [0, 0.05) is 30.8 Å². The number of nitrogens with zero attached hydrogens (tertiary/aromatic N) is 2. The van der Waals surface area contributed by atoms with Crippen LogP contribution in [0.15, 0.2) is 41.3 Å². The number of sulfone groups is 1. The van der Waals surface area contributed by atoms with Crippen molar-refractivity contribution in [1.82, 2.24) is 9.47 Å². The fourth-order valence-corrected chi connectivity index (χ4v) is 6.47. The third-order valence-electron chi connectivity index (χ3n) is 8.08. The minimum absolute atomic E-state index is 0.0612. The Morgan fingerprint density at radius 2 is 1.85 bits per heavy atom. The van der Waals surface area contributed by atoms with Crippen molar-refractivity contribution in [3.63, 3.8) is 0 Å². The Morgan fingerprint density at radius 3 is 2.49 bits per heavy atom. The van der Waals surface area contributed by atoms with Gasteiger partial charge in [0.2, 0.25) is 0 Å². The van der Waals surface area contributed by atoms with Crippen LogP contribution in [-0.4, -0.2) is 81.4 Å². The number of methoxy groups -OCH3 is 1. The normalized spacial score (nSPS) is 17.2. The lowest BCUT2D eigenvalue weighted by Gasteiger charge is -2.39. The lowest BCUT2D eigenvalue weighted by Crippen LogP contribution is -2.47. The van der Waals surface area contributed by atoms with Gasteiger partial charge in [0.15, 0.2) is 9.84 Å². The van der Waals surface area contributed by atoms with E-state index >= 15 is 0 Å². The number of likely N-dealkylation sites (tertiary alicyclic amines) is 1. The Hall–Kier alpha value is -4.25. The average Bonchev–Trinajstić information content (AvgIpc) is 3.33. The first-order valence-electron chi connectivity index (χ1n) is 15.2. The Morgan fingerprint density at radius 1 is 1.13 bits per heavy atom. The third kappa shape index (κ3) is 8.19. The van der Waals surface area contributed by atoms with E-state index < -0.39 is 28.2 Å². The predicted octanol–water partition coefficient (Wildman–Crippen LogP) is 5.90. The molecule has 1 amide bonds. The van der Waals surface area contributed by atoms with E-state index in [1.54, 1.807) is 29.2 Å². The lowest BCUT2D eigenvalue weighted by molar-refractivity contribution is -0.140. The maximum atomic E-state index is 13.7. The number of alkyl halides is 3. The highest BCUT2D eigenvalue weighted by atomic mass is 32.2. The van der Waals surface area contributed by atoms with E-state index in [9.17, 15) is 26.4 Å². The molecule has 14 heteroatoms. The average molecular weight is 677 g/mol. The first kappa shape index (κ1) is 34.1. The lowest BCUT2D eigenvalue weighted by atomic mass is 9.89. The zero-order valence-corrected chi connectivity index (χ0v) is 27.8. The number of benzene rings is 2. The second-order valence-electron chi connectivity index (χ2n) is 12.8. The number of carbonyl (C=O) groups is 1.